The maximum Gasteiger partial charge on any atom is 0.257 e. The van der Waals surface area contributed by atoms with E-state index in [0.717, 1.165) is 29.1 Å². The number of fused-ring (bicyclic) bond motifs is 1. The summed E-state index contributed by atoms with van der Waals surface area (Å²) in [6.07, 6.45) is 0.718. The molecule has 4 rings (SSSR count). The van der Waals surface area contributed by atoms with Crippen molar-refractivity contribution < 1.29 is 14.3 Å². The Kier molecular flexibility index (Phi) is 5.63. The molecule has 1 aliphatic heterocycles. The van der Waals surface area contributed by atoms with Crippen LogP contribution < -0.4 is 9.47 Å². The number of carbonyl (C=O) groups is 1. The largest absolute Gasteiger partial charge is 0.496 e. The van der Waals surface area contributed by atoms with E-state index < -0.39 is 0 Å². The van der Waals surface area contributed by atoms with E-state index in [-0.39, 0.29) is 5.91 Å². The molecule has 3 heterocycles. The highest BCUT2D eigenvalue weighted by Crippen LogP contribution is 2.28. The Morgan fingerprint density at radius 2 is 2.10 bits per heavy atom. The molecule has 1 aromatic carbocycles. The van der Waals surface area contributed by atoms with E-state index in [1.54, 1.807) is 30.2 Å². The normalized spacial score (nSPS) is 13.1. The van der Waals surface area contributed by atoms with Gasteiger partial charge < -0.3 is 14.4 Å². The van der Waals surface area contributed by atoms with Gasteiger partial charge in [-0.05, 0) is 31.2 Å². The highest BCUT2D eigenvalue weighted by atomic mass is 35.5. The van der Waals surface area contributed by atoms with Gasteiger partial charge in [-0.25, -0.2) is 4.98 Å². The van der Waals surface area contributed by atoms with E-state index in [2.05, 4.69) is 10.1 Å². The van der Waals surface area contributed by atoms with Gasteiger partial charge in [0.1, 0.15) is 18.1 Å². The standard InChI is InChI=1S/C22H23ClN4O3/c1-14-5-4-6-21(24-14)30-13-18-17-12-27(10-9-19(17)26(2)25-18)22(28)16-11-15(23)7-8-20(16)29-3/h4-8,11H,9-10,12-13H2,1-3H3. The van der Waals surface area contributed by atoms with Crippen molar-refractivity contribution in [1.29, 1.82) is 0 Å². The van der Waals surface area contributed by atoms with Crippen molar-refractivity contribution in [3.63, 3.8) is 0 Å². The number of aryl methyl sites for hydroxylation is 2. The Morgan fingerprint density at radius 3 is 2.87 bits per heavy atom. The number of pyridine rings is 1. The van der Waals surface area contributed by atoms with Crippen molar-refractivity contribution in [3.8, 4) is 11.6 Å². The number of aromatic nitrogens is 3. The highest BCUT2D eigenvalue weighted by molar-refractivity contribution is 6.31. The third kappa shape index (κ3) is 3.98. The molecule has 0 bridgehead atoms. The predicted octanol–water partition coefficient (Wildman–Crippen LogP) is 3.56. The zero-order valence-electron chi connectivity index (χ0n) is 17.2. The monoisotopic (exact) mass is 426 g/mol. The Bertz CT molecular complexity index is 1100. The van der Waals surface area contributed by atoms with E-state index in [0.29, 0.717) is 41.9 Å². The number of nitrogens with zero attached hydrogens (tertiary/aromatic N) is 4. The number of rotatable bonds is 5. The zero-order chi connectivity index (χ0) is 21.3. The summed E-state index contributed by atoms with van der Waals surface area (Å²) >= 11 is 6.11. The lowest BCUT2D eigenvalue weighted by Gasteiger charge is -2.28. The maximum atomic E-state index is 13.2. The van der Waals surface area contributed by atoms with Crippen LogP contribution in [0.1, 0.15) is 33.0 Å². The first-order valence-corrected chi connectivity index (χ1v) is 10.1. The summed E-state index contributed by atoms with van der Waals surface area (Å²) in [5.74, 6) is 0.952. The molecule has 0 atom stereocenters. The molecule has 8 heteroatoms. The van der Waals surface area contributed by atoms with Crippen LogP contribution in [0.25, 0.3) is 0 Å². The predicted molar refractivity (Wildman–Crippen MR) is 113 cm³/mol. The molecule has 0 N–H and O–H groups in total. The fourth-order valence-electron chi connectivity index (χ4n) is 3.72. The molecule has 0 unspecified atom stereocenters. The number of benzene rings is 1. The first kappa shape index (κ1) is 20.2. The van der Waals surface area contributed by atoms with Crippen molar-refractivity contribution in [3.05, 3.63) is 69.6 Å². The first-order valence-electron chi connectivity index (χ1n) is 9.69. The second kappa shape index (κ2) is 8.36. The van der Waals surface area contributed by atoms with Gasteiger partial charge in [0.05, 0.1) is 12.7 Å². The molecule has 0 aliphatic carbocycles. The molecule has 3 aromatic rings. The minimum atomic E-state index is -0.115. The van der Waals surface area contributed by atoms with Crippen LogP contribution in [-0.2, 0) is 26.6 Å². The fourth-order valence-corrected chi connectivity index (χ4v) is 3.89. The summed E-state index contributed by atoms with van der Waals surface area (Å²) in [5, 5.41) is 5.12. The van der Waals surface area contributed by atoms with Gasteiger partial charge >= 0.3 is 0 Å². The van der Waals surface area contributed by atoms with Crippen LogP contribution in [-0.4, -0.2) is 39.2 Å². The number of hydrogen-bond donors (Lipinski definition) is 0. The van der Waals surface area contributed by atoms with Gasteiger partial charge in [0.2, 0.25) is 5.88 Å². The number of amides is 1. The lowest BCUT2D eigenvalue weighted by Crippen LogP contribution is -2.36. The summed E-state index contributed by atoms with van der Waals surface area (Å²) in [4.78, 5) is 19.4. The molecule has 0 fully saturated rings. The lowest BCUT2D eigenvalue weighted by atomic mass is 10.0. The van der Waals surface area contributed by atoms with Crippen LogP contribution in [0.5, 0.6) is 11.6 Å². The minimum Gasteiger partial charge on any atom is -0.496 e. The summed E-state index contributed by atoms with van der Waals surface area (Å²) in [5.41, 5.74) is 4.30. The molecular weight excluding hydrogens is 404 g/mol. The molecule has 1 aliphatic rings. The van der Waals surface area contributed by atoms with Crippen LogP contribution in [0.15, 0.2) is 36.4 Å². The van der Waals surface area contributed by atoms with Gasteiger partial charge in [-0.2, -0.15) is 5.10 Å². The van der Waals surface area contributed by atoms with Gasteiger partial charge in [-0.15, -0.1) is 0 Å². The Balaban J connectivity index is 1.56. The molecule has 156 valence electrons. The van der Waals surface area contributed by atoms with Crippen molar-refractivity contribution >= 4 is 17.5 Å². The van der Waals surface area contributed by atoms with Gasteiger partial charge in [0.25, 0.3) is 5.91 Å². The van der Waals surface area contributed by atoms with E-state index in [9.17, 15) is 4.79 Å². The van der Waals surface area contributed by atoms with E-state index >= 15 is 0 Å². The summed E-state index contributed by atoms with van der Waals surface area (Å²) < 4.78 is 13.1. The SMILES string of the molecule is COc1ccc(Cl)cc1C(=O)N1CCc2c(c(COc3cccc(C)n3)nn2C)C1. The van der Waals surface area contributed by atoms with Crippen LogP contribution in [0.2, 0.25) is 5.02 Å². The summed E-state index contributed by atoms with van der Waals surface area (Å²) in [6, 6.07) is 10.7. The molecule has 0 radical (unpaired) electrons. The molecule has 0 spiro atoms. The topological polar surface area (TPSA) is 69.5 Å². The molecule has 30 heavy (non-hydrogen) atoms. The molecule has 7 nitrogen and oxygen atoms in total. The van der Waals surface area contributed by atoms with Crippen molar-refractivity contribution in [2.45, 2.75) is 26.5 Å². The van der Waals surface area contributed by atoms with Crippen LogP contribution >= 0.6 is 11.6 Å². The van der Waals surface area contributed by atoms with E-state index in [1.165, 1.54) is 0 Å². The Labute approximate surface area is 180 Å². The summed E-state index contributed by atoms with van der Waals surface area (Å²) in [7, 11) is 3.47. The van der Waals surface area contributed by atoms with Gasteiger partial charge in [-0.1, -0.05) is 17.7 Å². The average molecular weight is 427 g/mol. The highest BCUT2D eigenvalue weighted by Gasteiger charge is 2.29. The third-order valence-corrected chi connectivity index (χ3v) is 5.46. The summed E-state index contributed by atoms with van der Waals surface area (Å²) in [6.45, 7) is 3.27. The number of carbonyl (C=O) groups excluding carboxylic acids is 1. The van der Waals surface area contributed by atoms with Gasteiger partial charge in [0, 0.05) is 54.6 Å². The van der Waals surface area contributed by atoms with Crippen LogP contribution in [0, 0.1) is 6.92 Å². The Morgan fingerprint density at radius 1 is 1.27 bits per heavy atom. The molecular formula is C22H23ClN4O3. The smallest absolute Gasteiger partial charge is 0.257 e. The second-order valence-corrected chi connectivity index (χ2v) is 7.66. The van der Waals surface area contributed by atoms with Gasteiger partial charge in [-0.3, -0.25) is 9.48 Å². The third-order valence-electron chi connectivity index (χ3n) is 5.22. The fraction of sp³-hybridized carbons (Fsp3) is 0.318. The lowest BCUT2D eigenvalue weighted by molar-refractivity contribution is 0.0729. The van der Waals surface area contributed by atoms with Crippen LogP contribution in [0.3, 0.4) is 0 Å². The van der Waals surface area contributed by atoms with Crippen molar-refractivity contribution in [1.82, 2.24) is 19.7 Å². The number of hydrogen-bond acceptors (Lipinski definition) is 5. The van der Waals surface area contributed by atoms with Crippen molar-refractivity contribution in [2.24, 2.45) is 7.05 Å². The quantitative estimate of drug-likeness (QED) is 0.623. The minimum absolute atomic E-state index is 0.115. The molecule has 0 saturated carbocycles. The second-order valence-electron chi connectivity index (χ2n) is 7.22. The maximum absolute atomic E-state index is 13.2. The zero-order valence-corrected chi connectivity index (χ0v) is 17.9. The molecule has 0 saturated heterocycles. The number of ether oxygens (including phenoxy) is 2. The van der Waals surface area contributed by atoms with E-state index in [4.69, 9.17) is 21.1 Å². The van der Waals surface area contributed by atoms with Crippen molar-refractivity contribution in [2.75, 3.05) is 13.7 Å². The number of halogens is 1. The number of methoxy groups -OCH3 is 1. The Hall–Kier alpha value is -3.06. The first-order chi connectivity index (χ1) is 14.5. The molecule has 2 aromatic heterocycles. The molecule has 1 amide bonds. The average Bonchev–Trinajstić information content (AvgIpc) is 3.06. The van der Waals surface area contributed by atoms with E-state index in [1.807, 2.05) is 36.9 Å². The van der Waals surface area contributed by atoms with Crippen LogP contribution in [0.4, 0.5) is 0 Å². The van der Waals surface area contributed by atoms with Gasteiger partial charge in [0.15, 0.2) is 0 Å².